The maximum Gasteiger partial charge on any atom is 0.251 e. The number of amides is 1. The van der Waals surface area contributed by atoms with Crippen molar-refractivity contribution in [2.45, 2.75) is 18.9 Å². The van der Waals surface area contributed by atoms with E-state index in [0.29, 0.717) is 18.1 Å². The lowest BCUT2D eigenvalue weighted by atomic mass is 10.0. The van der Waals surface area contributed by atoms with Crippen molar-refractivity contribution >= 4 is 5.91 Å². The standard InChI is InChI=1S/C19H18F3N5O/c20-16-9-18(22)17(21)8-13(16)7-14(23)5-6-25-19(28)12-1-3-15(4-2-12)27-11-24-10-26-27/h1-4,8-11,14H,5-7,23H2,(H,25,28)/t14-/m0/s1. The molecular weight excluding hydrogens is 371 g/mol. The van der Waals surface area contributed by atoms with Gasteiger partial charge in [-0.3, -0.25) is 4.79 Å². The topological polar surface area (TPSA) is 85.8 Å². The number of nitrogens with zero attached hydrogens (tertiary/aromatic N) is 3. The van der Waals surface area contributed by atoms with E-state index in [1.54, 1.807) is 35.3 Å². The average Bonchev–Trinajstić information content (AvgIpc) is 3.21. The van der Waals surface area contributed by atoms with Crippen LogP contribution in [0.15, 0.2) is 49.1 Å². The van der Waals surface area contributed by atoms with Crippen LogP contribution < -0.4 is 11.1 Å². The lowest BCUT2D eigenvalue weighted by molar-refractivity contribution is 0.0952. The molecule has 3 aromatic rings. The summed E-state index contributed by atoms with van der Waals surface area (Å²) in [4.78, 5) is 16.0. The minimum atomic E-state index is -1.24. The molecule has 1 amide bonds. The molecule has 1 aromatic heterocycles. The first-order valence-electron chi connectivity index (χ1n) is 8.56. The lowest BCUT2D eigenvalue weighted by Gasteiger charge is -2.13. The van der Waals surface area contributed by atoms with Crippen molar-refractivity contribution in [2.75, 3.05) is 6.54 Å². The highest BCUT2D eigenvalue weighted by molar-refractivity contribution is 5.94. The Labute approximate surface area is 159 Å². The Balaban J connectivity index is 1.49. The van der Waals surface area contributed by atoms with Crippen LogP contribution in [0, 0.1) is 17.5 Å². The van der Waals surface area contributed by atoms with Gasteiger partial charge in [0.15, 0.2) is 11.6 Å². The molecule has 146 valence electrons. The summed E-state index contributed by atoms with van der Waals surface area (Å²) in [7, 11) is 0. The molecule has 0 fully saturated rings. The number of benzene rings is 2. The molecule has 0 aliphatic rings. The fourth-order valence-electron chi connectivity index (χ4n) is 2.68. The molecule has 3 rings (SSSR count). The van der Waals surface area contributed by atoms with E-state index >= 15 is 0 Å². The van der Waals surface area contributed by atoms with Gasteiger partial charge in [0.05, 0.1) is 5.69 Å². The summed E-state index contributed by atoms with van der Waals surface area (Å²) in [6, 6.07) is 7.57. The third-order valence-electron chi connectivity index (χ3n) is 4.18. The predicted octanol–water partition coefficient (Wildman–Crippen LogP) is 2.37. The normalized spacial score (nSPS) is 12.0. The quantitative estimate of drug-likeness (QED) is 0.608. The van der Waals surface area contributed by atoms with E-state index in [1.807, 2.05) is 0 Å². The van der Waals surface area contributed by atoms with Crippen molar-refractivity contribution < 1.29 is 18.0 Å². The summed E-state index contributed by atoms with van der Waals surface area (Å²) in [6.07, 6.45) is 3.34. The Morgan fingerprint density at radius 1 is 1.11 bits per heavy atom. The number of aromatic nitrogens is 3. The van der Waals surface area contributed by atoms with E-state index in [9.17, 15) is 18.0 Å². The van der Waals surface area contributed by atoms with E-state index in [1.165, 1.54) is 6.33 Å². The fourth-order valence-corrected chi connectivity index (χ4v) is 2.68. The number of hydrogen-bond donors (Lipinski definition) is 2. The summed E-state index contributed by atoms with van der Waals surface area (Å²) in [5, 5.41) is 6.72. The second-order valence-corrected chi connectivity index (χ2v) is 6.25. The minimum absolute atomic E-state index is 0.00132. The third kappa shape index (κ3) is 4.74. The molecular formula is C19H18F3N5O. The fraction of sp³-hybridized carbons (Fsp3) is 0.211. The molecule has 28 heavy (non-hydrogen) atoms. The Bertz CT molecular complexity index is 945. The van der Waals surface area contributed by atoms with Crippen molar-refractivity contribution in [3.05, 3.63) is 77.6 Å². The van der Waals surface area contributed by atoms with Crippen LogP contribution in [-0.2, 0) is 6.42 Å². The second-order valence-electron chi connectivity index (χ2n) is 6.25. The monoisotopic (exact) mass is 389 g/mol. The van der Waals surface area contributed by atoms with Gasteiger partial charge >= 0.3 is 0 Å². The molecule has 0 saturated heterocycles. The molecule has 2 aromatic carbocycles. The zero-order valence-corrected chi connectivity index (χ0v) is 14.8. The minimum Gasteiger partial charge on any atom is -0.352 e. The number of hydrogen-bond acceptors (Lipinski definition) is 4. The molecule has 9 heteroatoms. The highest BCUT2D eigenvalue weighted by Gasteiger charge is 2.13. The number of carbonyl (C=O) groups excluding carboxylic acids is 1. The Kier molecular flexibility index (Phi) is 6.05. The largest absolute Gasteiger partial charge is 0.352 e. The van der Waals surface area contributed by atoms with E-state index in [-0.39, 0.29) is 24.4 Å². The lowest BCUT2D eigenvalue weighted by Crippen LogP contribution is -2.31. The summed E-state index contributed by atoms with van der Waals surface area (Å²) in [5.74, 6) is -3.48. The Hall–Kier alpha value is -3.20. The van der Waals surface area contributed by atoms with Crippen molar-refractivity contribution in [3.63, 3.8) is 0 Å². The van der Waals surface area contributed by atoms with Crippen LogP contribution in [0.1, 0.15) is 22.3 Å². The zero-order chi connectivity index (χ0) is 20.1. The first-order chi connectivity index (χ1) is 13.4. The second kappa shape index (κ2) is 8.66. The van der Waals surface area contributed by atoms with Crippen LogP contribution in [0.2, 0.25) is 0 Å². The van der Waals surface area contributed by atoms with Gasteiger partial charge in [0.1, 0.15) is 18.5 Å². The number of nitrogens with two attached hydrogens (primary N) is 1. The van der Waals surface area contributed by atoms with Crippen molar-refractivity contribution in [1.29, 1.82) is 0 Å². The highest BCUT2D eigenvalue weighted by Crippen LogP contribution is 2.15. The maximum atomic E-state index is 13.7. The number of nitrogens with one attached hydrogen (secondary N) is 1. The van der Waals surface area contributed by atoms with Crippen molar-refractivity contribution in [2.24, 2.45) is 5.73 Å². The smallest absolute Gasteiger partial charge is 0.251 e. The van der Waals surface area contributed by atoms with Gasteiger partial charge in [-0.1, -0.05) is 0 Å². The summed E-state index contributed by atoms with van der Waals surface area (Å²) in [6.45, 7) is 0.260. The van der Waals surface area contributed by atoms with E-state index in [4.69, 9.17) is 5.73 Å². The van der Waals surface area contributed by atoms with Gasteiger partial charge < -0.3 is 11.1 Å². The van der Waals surface area contributed by atoms with Gasteiger partial charge in [-0.25, -0.2) is 22.8 Å². The summed E-state index contributed by atoms with van der Waals surface area (Å²) >= 11 is 0. The molecule has 0 aliphatic carbocycles. The van der Waals surface area contributed by atoms with Crippen molar-refractivity contribution in [3.8, 4) is 5.69 Å². The van der Waals surface area contributed by atoms with Crippen LogP contribution in [0.5, 0.6) is 0 Å². The van der Waals surface area contributed by atoms with Crippen LogP contribution >= 0.6 is 0 Å². The van der Waals surface area contributed by atoms with Gasteiger partial charge in [-0.05, 0) is 48.7 Å². The molecule has 1 atom stereocenters. The van der Waals surface area contributed by atoms with Gasteiger partial charge in [-0.2, -0.15) is 5.10 Å². The van der Waals surface area contributed by atoms with Gasteiger partial charge in [0, 0.05) is 24.2 Å². The third-order valence-corrected chi connectivity index (χ3v) is 4.18. The molecule has 0 saturated carbocycles. The molecule has 0 unspecified atom stereocenters. The van der Waals surface area contributed by atoms with E-state index in [0.717, 1.165) is 11.8 Å². The Morgan fingerprint density at radius 3 is 2.50 bits per heavy atom. The van der Waals surface area contributed by atoms with Crippen LogP contribution in [0.4, 0.5) is 13.2 Å². The van der Waals surface area contributed by atoms with Crippen LogP contribution in [-0.4, -0.2) is 33.3 Å². The van der Waals surface area contributed by atoms with Gasteiger partial charge in [0.25, 0.3) is 5.91 Å². The summed E-state index contributed by atoms with van der Waals surface area (Å²) in [5.41, 5.74) is 7.14. The first kappa shape index (κ1) is 19.6. The molecule has 0 spiro atoms. The molecule has 6 nitrogen and oxygen atoms in total. The van der Waals surface area contributed by atoms with Gasteiger partial charge in [-0.15, -0.1) is 0 Å². The van der Waals surface area contributed by atoms with E-state index < -0.39 is 23.5 Å². The molecule has 3 N–H and O–H groups in total. The van der Waals surface area contributed by atoms with Crippen LogP contribution in [0.3, 0.4) is 0 Å². The number of carbonyl (C=O) groups is 1. The SMILES string of the molecule is N[C@@H](CCNC(=O)c1ccc(-n2cncn2)cc1)Cc1cc(F)c(F)cc1F. The van der Waals surface area contributed by atoms with E-state index in [2.05, 4.69) is 15.4 Å². The molecule has 0 bridgehead atoms. The average molecular weight is 389 g/mol. The maximum absolute atomic E-state index is 13.7. The molecule has 1 heterocycles. The van der Waals surface area contributed by atoms with Crippen LogP contribution in [0.25, 0.3) is 5.69 Å². The first-order valence-corrected chi connectivity index (χ1v) is 8.56. The number of halogens is 3. The van der Waals surface area contributed by atoms with Crippen molar-refractivity contribution in [1.82, 2.24) is 20.1 Å². The zero-order valence-electron chi connectivity index (χ0n) is 14.8. The Morgan fingerprint density at radius 2 is 1.82 bits per heavy atom. The summed E-state index contributed by atoms with van der Waals surface area (Å²) < 4.78 is 41.4. The molecule has 0 radical (unpaired) electrons. The van der Waals surface area contributed by atoms with Gasteiger partial charge in [0.2, 0.25) is 0 Å². The predicted molar refractivity (Wildman–Crippen MR) is 96.3 cm³/mol. The molecule has 0 aliphatic heterocycles. The number of rotatable bonds is 7. The highest BCUT2D eigenvalue weighted by atomic mass is 19.2.